The number of carbonyl (C=O) groups is 1. The average molecular weight is 327 g/mol. The van der Waals surface area contributed by atoms with Gasteiger partial charge in [0.15, 0.2) is 5.65 Å². The number of nitrogens with one attached hydrogen (secondary N) is 1. The van der Waals surface area contributed by atoms with Gasteiger partial charge in [0.25, 0.3) is 5.91 Å². The molecule has 1 amide bonds. The van der Waals surface area contributed by atoms with E-state index in [-0.39, 0.29) is 11.9 Å². The number of imidazole rings is 1. The fourth-order valence-electron chi connectivity index (χ4n) is 3.98. The van der Waals surface area contributed by atoms with Crippen molar-refractivity contribution >= 4 is 17.1 Å². The second kappa shape index (κ2) is 6.16. The van der Waals surface area contributed by atoms with Crippen LogP contribution in [0, 0.1) is 11.8 Å². The Bertz CT molecular complexity index is 745. The molecule has 6 heteroatoms. The Hall–Kier alpha value is -1.95. The van der Waals surface area contributed by atoms with Crippen LogP contribution in [-0.2, 0) is 6.54 Å². The van der Waals surface area contributed by atoms with Crippen LogP contribution in [0.15, 0.2) is 18.6 Å². The number of carbonyl (C=O) groups excluding carboxylic acids is 1. The summed E-state index contributed by atoms with van der Waals surface area (Å²) < 4.78 is 2.05. The number of piperidine rings is 3. The van der Waals surface area contributed by atoms with E-state index in [9.17, 15) is 4.79 Å². The molecular formula is C18H25N5O. The highest BCUT2D eigenvalue weighted by Gasteiger charge is 2.35. The van der Waals surface area contributed by atoms with Gasteiger partial charge in [-0.1, -0.05) is 13.8 Å². The van der Waals surface area contributed by atoms with Crippen LogP contribution in [0.5, 0.6) is 0 Å². The fraction of sp³-hybridized carbons (Fsp3) is 0.611. The number of aromatic nitrogens is 3. The van der Waals surface area contributed by atoms with Gasteiger partial charge in [0.1, 0.15) is 5.52 Å². The maximum absolute atomic E-state index is 12.6. The molecule has 0 aromatic carbocycles. The Morgan fingerprint density at radius 2 is 2.12 bits per heavy atom. The van der Waals surface area contributed by atoms with Crippen molar-refractivity contribution in [2.45, 2.75) is 39.3 Å². The van der Waals surface area contributed by atoms with E-state index >= 15 is 0 Å². The Morgan fingerprint density at radius 3 is 2.79 bits per heavy atom. The minimum Gasteiger partial charge on any atom is -0.348 e. The van der Waals surface area contributed by atoms with Crippen molar-refractivity contribution in [1.82, 2.24) is 24.8 Å². The first-order valence-corrected chi connectivity index (χ1v) is 8.94. The first-order valence-electron chi connectivity index (χ1n) is 8.94. The maximum Gasteiger partial charge on any atom is 0.253 e. The van der Waals surface area contributed by atoms with Crippen LogP contribution >= 0.6 is 0 Å². The van der Waals surface area contributed by atoms with Gasteiger partial charge in [0, 0.05) is 25.3 Å². The van der Waals surface area contributed by atoms with Crippen LogP contribution in [0.25, 0.3) is 11.2 Å². The summed E-state index contributed by atoms with van der Waals surface area (Å²) in [5.74, 6) is 1.13. The zero-order valence-electron chi connectivity index (χ0n) is 14.4. The maximum atomic E-state index is 12.6. The van der Waals surface area contributed by atoms with Crippen molar-refractivity contribution in [3.63, 3.8) is 0 Å². The van der Waals surface area contributed by atoms with Gasteiger partial charge in [-0.2, -0.15) is 0 Å². The van der Waals surface area contributed by atoms with Crippen LogP contribution in [0.4, 0.5) is 0 Å². The van der Waals surface area contributed by atoms with Gasteiger partial charge in [-0.15, -0.1) is 0 Å². The summed E-state index contributed by atoms with van der Waals surface area (Å²) >= 11 is 0. The molecule has 0 aliphatic carbocycles. The number of amides is 1. The van der Waals surface area contributed by atoms with Crippen molar-refractivity contribution in [1.29, 1.82) is 0 Å². The van der Waals surface area contributed by atoms with E-state index < -0.39 is 0 Å². The standard InChI is InChI=1S/C18H25N5O/c1-12(2)9-23-11-20-15-7-14(8-19-17(15)23)18(24)21-16-10-22-5-3-13(16)4-6-22/h7-8,11-13,16H,3-6,9-10H2,1-2H3,(H,21,24). The SMILES string of the molecule is CC(C)Cn1cnc2cc(C(=O)NC3CN4CCC3CC4)cnc21. The van der Waals surface area contributed by atoms with Gasteiger partial charge in [0.05, 0.1) is 11.9 Å². The molecule has 128 valence electrons. The molecule has 0 radical (unpaired) electrons. The third kappa shape index (κ3) is 2.90. The zero-order chi connectivity index (χ0) is 16.7. The zero-order valence-corrected chi connectivity index (χ0v) is 14.4. The van der Waals surface area contributed by atoms with Gasteiger partial charge < -0.3 is 14.8 Å². The van der Waals surface area contributed by atoms with E-state index in [0.717, 1.165) is 24.3 Å². The molecule has 3 saturated heterocycles. The lowest BCUT2D eigenvalue weighted by atomic mass is 9.84. The van der Waals surface area contributed by atoms with Crippen molar-refractivity contribution in [3.05, 3.63) is 24.2 Å². The van der Waals surface area contributed by atoms with Gasteiger partial charge in [-0.25, -0.2) is 9.97 Å². The normalized spacial score (nSPS) is 26.2. The number of hydrogen-bond donors (Lipinski definition) is 1. The highest BCUT2D eigenvalue weighted by atomic mass is 16.1. The number of hydrogen-bond acceptors (Lipinski definition) is 4. The number of rotatable bonds is 4. The molecule has 3 aliphatic heterocycles. The summed E-state index contributed by atoms with van der Waals surface area (Å²) in [6, 6.07) is 2.13. The van der Waals surface area contributed by atoms with Gasteiger partial charge >= 0.3 is 0 Å². The smallest absolute Gasteiger partial charge is 0.253 e. The van der Waals surface area contributed by atoms with Gasteiger partial charge in [0.2, 0.25) is 0 Å². The number of nitrogens with zero attached hydrogens (tertiary/aromatic N) is 4. The average Bonchev–Trinajstić information content (AvgIpc) is 2.97. The lowest BCUT2D eigenvalue weighted by Crippen LogP contribution is -2.57. The molecule has 6 nitrogen and oxygen atoms in total. The Kier molecular flexibility index (Phi) is 4.00. The van der Waals surface area contributed by atoms with Crippen LogP contribution in [-0.4, -0.2) is 51.0 Å². The fourth-order valence-corrected chi connectivity index (χ4v) is 3.98. The third-order valence-electron chi connectivity index (χ3n) is 5.25. The van der Waals surface area contributed by atoms with Gasteiger partial charge in [-0.3, -0.25) is 4.79 Å². The second-order valence-electron chi connectivity index (χ2n) is 7.58. The molecule has 24 heavy (non-hydrogen) atoms. The predicted molar refractivity (Wildman–Crippen MR) is 92.8 cm³/mol. The monoisotopic (exact) mass is 327 g/mol. The van der Waals surface area contributed by atoms with Crippen molar-refractivity contribution < 1.29 is 4.79 Å². The minimum atomic E-state index is -0.0263. The quantitative estimate of drug-likeness (QED) is 0.932. The van der Waals surface area contributed by atoms with E-state index in [4.69, 9.17) is 0 Å². The molecular weight excluding hydrogens is 302 g/mol. The van der Waals surface area contributed by atoms with Crippen molar-refractivity contribution in [2.75, 3.05) is 19.6 Å². The largest absolute Gasteiger partial charge is 0.348 e. The topological polar surface area (TPSA) is 63.1 Å². The molecule has 1 atom stereocenters. The van der Waals surface area contributed by atoms with Crippen LogP contribution < -0.4 is 5.32 Å². The highest BCUT2D eigenvalue weighted by Crippen LogP contribution is 2.27. The molecule has 2 bridgehead atoms. The summed E-state index contributed by atoms with van der Waals surface area (Å²) in [6.45, 7) is 8.56. The summed E-state index contributed by atoms with van der Waals surface area (Å²) in [7, 11) is 0. The van der Waals surface area contributed by atoms with Gasteiger partial charge in [-0.05, 0) is 43.8 Å². The lowest BCUT2D eigenvalue weighted by molar-refractivity contribution is 0.0620. The van der Waals surface area contributed by atoms with Crippen molar-refractivity contribution in [2.24, 2.45) is 11.8 Å². The first kappa shape index (κ1) is 15.6. The van der Waals surface area contributed by atoms with Crippen LogP contribution in [0.2, 0.25) is 0 Å². The summed E-state index contributed by atoms with van der Waals surface area (Å²) in [5.41, 5.74) is 2.24. The molecule has 3 aliphatic rings. The molecule has 5 rings (SSSR count). The van der Waals surface area contributed by atoms with Crippen LogP contribution in [0.1, 0.15) is 37.0 Å². The van der Waals surface area contributed by atoms with Crippen LogP contribution in [0.3, 0.4) is 0 Å². The Labute approximate surface area is 142 Å². The molecule has 0 saturated carbocycles. The second-order valence-corrected chi connectivity index (χ2v) is 7.58. The third-order valence-corrected chi connectivity index (χ3v) is 5.25. The Balaban J connectivity index is 1.50. The molecule has 1 N–H and O–H groups in total. The molecule has 2 aromatic heterocycles. The van der Waals surface area contributed by atoms with E-state index in [2.05, 4.69) is 38.6 Å². The summed E-state index contributed by atoms with van der Waals surface area (Å²) in [6.07, 6.45) is 5.88. The first-order chi connectivity index (χ1) is 11.6. The van der Waals surface area contributed by atoms with E-state index in [1.54, 1.807) is 6.20 Å². The molecule has 2 aromatic rings. The minimum absolute atomic E-state index is 0.0263. The highest BCUT2D eigenvalue weighted by molar-refractivity contribution is 5.96. The lowest BCUT2D eigenvalue weighted by Gasteiger charge is -2.44. The molecule has 1 unspecified atom stereocenters. The van der Waals surface area contributed by atoms with E-state index in [0.29, 0.717) is 17.4 Å². The molecule has 3 fully saturated rings. The van der Waals surface area contributed by atoms with Crippen molar-refractivity contribution in [3.8, 4) is 0 Å². The summed E-state index contributed by atoms with van der Waals surface area (Å²) in [4.78, 5) is 24.0. The predicted octanol–water partition coefficient (Wildman–Crippen LogP) is 1.91. The molecule has 0 spiro atoms. The number of fused-ring (bicyclic) bond motifs is 4. The Morgan fingerprint density at radius 1 is 1.33 bits per heavy atom. The number of pyridine rings is 1. The molecule has 5 heterocycles. The summed E-state index contributed by atoms with van der Waals surface area (Å²) in [5, 5.41) is 3.22. The van der Waals surface area contributed by atoms with E-state index in [1.165, 1.54) is 25.9 Å². The van der Waals surface area contributed by atoms with E-state index in [1.807, 2.05) is 12.4 Å².